The number of halogens is 1. The first-order valence-corrected chi connectivity index (χ1v) is 12.1. The van der Waals surface area contributed by atoms with Crippen molar-refractivity contribution in [2.24, 2.45) is 7.05 Å². The van der Waals surface area contributed by atoms with Gasteiger partial charge >= 0.3 is 0 Å². The Labute approximate surface area is 209 Å². The summed E-state index contributed by atoms with van der Waals surface area (Å²) in [6.45, 7) is 3.94. The predicted octanol–water partition coefficient (Wildman–Crippen LogP) is 6.15. The molecule has 2 aliphatic heterocycles. The molecular formula is C29H25ClN2O3. The number of hydrogen-bond acceptors (Lipinski definition) is 4. The van der Waals surface area contributed by atoms with Crippen LogP contribution in [0.5, 0.6) is 11.5 Å². The summed E-state index contributed by atoms with van der Waals surface area (Å²) in [5.41, 5.74) is 5.74. The van der Waals surface area contributed by atoms with E-state index in [1.54, 1.807) is 0 Å². The fraction of sp³-hybridized carbons (Fsp3) is 0.207. The highest BCUT2D eigenvalue weighted by Crippen LogP contribution is 2.44. The fourth-order valence-electron chi connectivity index (χ4n) is 4.99. The Morgan fingerprint density at radius 2 is 1.91 bits per heavy atom. The number of hydrogen-bond donors (Lipinski definition) is 0. The lowest BCUT2D eigenvalue weighted by Gasteiger charge is -2.30. The third-order valence-corrected chi connectivity index (χ3v) is 7.08. The van der Waals surface area contributed by atoms with Gasteiger partial charge < -0.3 is 14.0 Å². The van der Waals surface area contributed by atoms with Gasteiger partial charge in [0.25, 0.3) is 0 Å². The third kappa shape index (κ3) is 3.91. The number of aryl methyl sites for hydroxylation is 2. The molecular weight excluding hydrogens is 460 g/mol. The van der Waals surface area contributed by atoms with E-state index >= 15 is 0 Å². The second-order valence-electron chi connectivity index (χ2n) is 9.23. The molecule has 0 bridgehead atoms. The number of carbonyl (C=O) groups is 1. The highest BCUT2D eigenvalue weighted by atomic mass is 35.5. The van der Waals surface area contributed by atoms with E-state index in [1.165, 1.54) is 5.56 Å². The van der Waals surface area contributed by atoms with Crippen molar-refractivity contribution >= 4 is 34.4 Å². The Bertz CT molecular complexity index is 1500. The van der Waals surface area contributed by atoms with E-state index in [9.17, 15) is 4.79 Å². The molecule has 3 aromatic carbocycles. The van der Waals surface area contributed by atoms with Crippen molar-refractivity contribution in [1.82, 2.24) is 9.47 Å². The molecule has 0 saturated heterocycles. The minimum Gasteiger partial charge on any atom is -0.478 e. The first-order valence-electron chi connectivity index (χ1n) is 11.7. The number of para-hydroxylation sites is 1. The van der Waals surface area contributed by atoms with E-state index in [4.69, 9.17) is 21.1 Å². The van der Waals surface area contributed by atoms with Gasteiger partial charge in [-0.05, 0) is 54.8 Å². The second kappa shape index (κ2) is 8.59. The number of ether oxygens (including phenoxy) is 2. The summed E-state index contributed by atoms with van der Waals surface area (Å²) in [5, 5.41) is 1.83. The van der Waals surface area contributed by atoms with Gasteiger partial charge in [0.15, 0.2) is 5.76 Å². The van der Waals surface area contributed by atoms with E-state index in [-0.39, 0.29) is 5.78 Å². The van der Waals surface area contributed by atoms with E-state index in [1.807, 2.05) is 68.7 Å². The number of Topliss-reactive ketones (excluding diaryl/α,β-unsaturated/α-hetero) is 1. The molecule has 0 spiro atoms. The lowest BCUT2D eigenvalue weighted by molar-refractivity contribution is 0.0949. The van der Waals surface area contributed by atoms with Crippen LogP contribution in [0.4, 0.5) is 0 Å². The molecule has 6 heteroatoms. The van der Waals surface area contributed by atoms with Crippen LogP contribution in [0, 0.1) is 6.92 Å². The van der Waals surface area contributed by atoms with Crippen molar-refractivity contribution in [3.05, 3.63) is 99.4 Å². The lowest BCUT2D eigenvalue weighted by Crippen LogP contribution is -2.33. The van der Waals surface area contributed by atoms with Crippen LogP contribution in [0.1, 0.15) is 32.6 Å². The summed E-state index contributed by atoms with van der Waals surface area (Å²) in [4.78, 5) is 15.6. The Hall–Kier alpha value is -3.54. The molecule has 0 amide bonds. The molecule has 3 heterocycles. The Morgan fingerprint density at radius 1 is 1.11 bits per heavy atom. The minimum atomic E-state index is -0.0773. The Kier molecular flexibility index (Phi) is 5.39. The summed E-state index contributed by atoms with van der Waals surface area (Å²) in [6, 6.07) is 18.0. The van der Waals surface area contributed by atoms with E-state index in [2.05, 4.69) is 21.6 Å². The lowest BCUT2D eigenvalue weighted by atomic mass is 9.98. The van der Waals surface area contributed by atoms with Crippen molar-refractivity contribution in [2.75, 3.05) is 13.3 Å². The van der Waals surface area contributed by atoms with Gasteiger partial charge in [-0.1, -0.05) is 41.9 Å². The maximum atomic E-state index is 13.4. The molecule has 1 aromatic heterocycles. The van der Waals surface area contributed by atoms with Gasteiger partial charge in [0.2, 0.25) is 5.78 Å². The highest BCUT2D eigenvalue weighted by molar-refractivity contribution is 6.30. The van der Waals surface area contributed by atoms with Crippen LogP contribution in [0.25, 0.3) is 17.0 Å². The van der Waals surface area contributed by atoms with Gasteiger partial charge in [-0.2, -0.15) is 0 Å². The average Bonchev–Trinajstić information content (AvgIpc) is 3.36. The SMILES string of the molecule is Cc1cc2c(c3c1C(=O)/C(=C\c1cn(C)c4ccccc14)O3)CN(CCc1ccc(Cl)cc1)CO2. The van der Waals surface area contributed by atoms with E-state index in [0.717, 1.165) is 51.3 Å². The van der Waals surface area contributed by atoms with Gasteiger partial charge in [-0.3, -0.25) is 9.69 Å². The molecule has 5 nitrogen and oxygen atoms in total. The molecule has 35 heavy (non-hydrogen) atoms. The molecule has 0 saturated carbocycles. The van der Waals surface area contributed by atoms with Crippen molar-refractivity contribution in [3.63, 3.8) is 0 Å². The average molecular weight is 485 g/mol. The number of aromatic nitrogens is 1. The normalized spacial score (nSPS) is 16.3. The first-order chi connectivity index (χ1) is 17.0. The summed E-state index contributed by atoms with van der Waals surface area (Å²) < 4.78 is 14.4. The molecule has 0 fully saturated rings. The fourth-order valence-corrected chi connectivity index (χ4v) is 5.11. The van der Waals surface area contributed by atoms with E-state index < -0.39 is 0 Å². The number of rotatable bonds is 4. The zero-order chi connectivity index (χ0) is 24.1. The number of benzene rings is 3. The smallest absolute Gasteiger partial charge is 0.232 e. The molecule has 0 radical (unpaired) electrons. The molecule has 6 rings (SSSR count). The quantitative estimate of drug-likeness (QED) is 0.326. The van der Waals surface area contributed by atoms with Crippen LogP contribution in [-0.4, -0.2) is 28.5 Å². The topological polar surface area (TPSA) is 43.7 Å². The van der Waals surface area contributed by atoms with Gasteiger partial charge in [0, 0.05) is 47.8 Å². The minimum absolute atomic E-state index is 0.0773. The second-order valence-corrected chi connectivity index (χ2v) is 9.67. The Balaban J connectivity index is 1.29. The summed E-state index contributed by atoms with van der Waals surface area (Å²) >= 11 is 6.01. The largest absolute Gasteiger partial charge is 0.478 e. The van der Waals surface area contributed by atoms with Gasteiger partial charge in [0.1, 0.15) is 18.2 Å². The molecule has 176 valence electrons. The highest BCUT2D eigenvalue weighted by Gasteiger charge is 2.35. The first kappa shape index (κ1) is 22.0. The van der Waals surface area contributed by atoms with Crippen LogP contribution in [0.3, 0.4) is 0 Å². The summed E-state index contributed by atoms with van der Waals surface area (Å²) in [5.74, 6) is 1.70. The standard InChI is InChI=1S/C29H25ClN2O3/c1-18-13-25-23(16-32(17-34-25)12-11-19-7-9-21(30)10-8-19)29-27(18)28(33)26(35-29)14-20-15-31(2)24-6-4-3-5-22(20)24/h3-10,13-15H,11-12,16-17H2,1-2H3/b26-14+. The van der Waals surface area contributed by atoms with Crippen LogP contribution in [-0.2, 0) is 20.0 Å². The van der Waals surface area contributed by atoms with Crippen LogP contribution < -0.4 is 9.47 Å². The van der Waals surface area contributed by atoms with Crippen molar-refractivity contribution in [1.29, 1.82) is 0 Å². The van der Waals surface area contributed by atoms with Crippen LogP contribution in [0.2, 0.25) is 5.02 Å². The Morgan fingerprint density at radius 3 is 2.74 bits per heavy atom. The van der Waals surface area contributed by atoms with Crippen LogP contribution >= 0.6 is 11.6 Å². The van der Waals surface area contributed by atoms with Crippen LogP contribution in [0.15, 0.2) is 66.6 Å². The summed E-state index contributed by atoms with van der Waals surface area (Å²) in [7, 11) is 2.01. The number of fused-ring (bicyclic) bond motifs is 4. The zero-order valence-corrected chi connectivity index (χ0v) is 20.4. The number of nitrogens with zero attached hydrogens (tertiary/aromatic N) is 2. The van der Waals surface area contributed by atoms with E-state index in [0.29, 0.717) is 30.3 Å². The molecule has 2 aliphatic rings. The van der Waals surface area contributed by atoms with Crippen molar-refractivity contribution < 1.29 is 14.3 Å². The molecule has 4 aromatic rings. The van der Waals surface area contributed by atoms with Gasteiger partial charge in [-0.15, -0.1) is 0 Å². The molecule has 0 unspecified atom stereocenters. The predicted molar refractivity (Wildman–Crippen MR) is 138 cm³/mol. The zero-order valence-electron chi connectivity index (χ0n) is 19.7. The van der Waals surface area contributed by atoms with Crippen molar-refractivity contribution in [3.8, 4) is 11.5 Å². The third-order valence-electron chi connectivity index (χ3n) is 6.83. The molecule has 0 N–H and O–H groups in total. The number of allylic oxidation sites excluding steroid dienone is 1. The molecule has 0 atom stereocenters. The summed E-state index contributed by atoms with van der Waals surface area (Å²) in [6.07, 6.45) is 4.77. The maximum Gasteiger partial charge on any atom is 0.232 e. The monoisotopic (exact) mass is 484 g/mol. The maximum absolute atomic E-state index is 13.4. The van der Waals surface area contributed by atoms with Gasteiger partial charge in [-0.25, -0.2) is 0 Å². The van der Waals surface area contributed by atoms with Gasteiger partial charge in [0.05, 0.1) is 11.1 Å². The van der Waals surface area contributed by atoms with Crippen molar-refractivity contribution in [2.45, 2.75) is 19.9 Å². The molecule has 0 aliphatic carbocycles. The number of carbonyl (C=O) groups excluding carboxylic acids is 1. The number of ketones is 1.